The smallest absolute Gasteiger partial charge is 0.0900 e. The molecule has 1 aromatic rings. The van der Waals surface area contributed by atoms with E-state index in [1.165, 1.54) is 60.5 Å². The van der Waals surface area contributed by atoms with Crippen LogP contribution in [0.3, 0.4) is 0 Å². The summed E-state index contributed by atoms with van der Waals surface area (Å²) < 4.78 is 0. The van der Waals surface area contributed by atoms with E-state index in [2.05, 4.69) is 24.1 Å². The third-order valence-corrected chi connectivity index (χ3v) is 4.73. The second-order valence-electron chi connectivity index (χ2n) is 5.16. The van der Waals surface area contributed by atoms with Gasteiger partial charge in [-0.3, -0.25) is 0 Å². The molecule has 0 aliphatic heterocycles. The van der Waals surface area contributed by atoms with Crippen LogP contribution in [0.15, 0.2) is 0 Å². The third kappa shape index (κ3) is 4.07. The fraction of sp³-hybridized carbons (Fsp3) is 0.786. The van der Waals surface area contributed by atoms with Crippen LogP contribution >= 0.6 is 11.3 Å². The van der Waals surface area contributed by atoms with Gasteiger partial charge in [-0.2, -0.15) is 0 Å². The number of hydrogen-bond acceptors (Lipinski definition) is 3. The molecule has 17 heavy (non-hydrogen) atoms. The van der Waals surface area contributed by atoms with Gasteiger partial charge in [0.1, 0.15) is 0 Å². The van der Waals surface area contributed by atoms with Crippen molar-refractivity contribution in [3.05, 3.63) is 15.6 Å². The van der Waals surface area contributed by atoms with Crippen LogP contribution in [0.5, 0.6) is 0 Å². The molecular formula is C14H24N2S. The van der Waals surface area contributed by atoms with Crippen molar-refractivity contribution in [2.45, 2.75) is 71.4 Å². The number of rotatable bonds is 3. The predicted molar refractivity (Wildman–Crippen MR) is 74.5 cm³/mol. The minimum Gasteiger partial charge on any atom is -0.309 e. The molecule has 96 valence electrons. The molecule has 1 N–H and O–H groups in total. The Kier molecular flexibility index (Phi) is 4.99. The number of thiazole rings is 1. The summed E-state index contributed by atoms with van der Waals surface area (Å²) in [6, 6.07) is 0.733. The van der Waals surface area contributed by atoms with E-state index >= 15 is 0 Å². The van der Waals surface area contributed by atoms with E-state index in [1.807, 2.05) is 11.3 Å². The summed E-state index contributed by atoms with van der Waals surface area (Å²) in [5.41, 5.74) is 1.21. The molecular weight excluding hydrogens is 228 g/mol. The van der Waals surface area contributed by atoms with Crippen molar-refractivity contribution in [1.82, 2.24) is 10.3 Å². The Morgan fingerprint density at radius 2 is 1.76 bits per heavy atom. The minimum atomic E-state index is 0.733. The number of hydrogen-bond donors (Lipinski definition) is 1. The van der Waals surface area contributed by atoms with Crippen LogP contribution in [-0.2, 0) is 6.54 Å². The minimum absolute atomic E-state index is 0.733. The lowest BCUT2D eigenvalue weighted by Crippen LogP contribution is -2.29. The summed E-state index contributed by atoms with van der Waals surface area (Å²) in [6.45, 7) is 5.23. The molecule has 1 heterocycles. The van der Waals surface area contributed by atoms with Gasteiger partial charge in [0.05, 0.1) is 10.7 Å². The molecule has 0 spiro atoms. The largest absolute Gasteiger partial charge is 0.309 e. The average Bonchev–Trinajstić information content (AvgIpc) is 2.56. The maximum Gasteiger partial charge on any atom is 0.0900 e. The number of aryl methyl sites for hydroxylation is 2. The SMILES string of the molecule is Cc1nc(C)c(CNC2CCCCCCC2)s1. The van der Waals surface area contributed by atoms with E-state index in [4.69, 9.17) is 0 Å². The Bertz CT molecular complexity index is 338. The van der Waals surface area contributed by atoms with Crippen molar-refractivity contribution in [3.63, 3.8) is 0 Å². The first-order valence-electron chi connectivity index (χ1n) is 6.92. The topological polar surface area (TPSA) is 24.9 Å². The second kappa shape index (κ2) is 6.50. The van der Waals surface area contributed by atoms with Gasteiger partial charge in [0.15, 0.2) is 0 Å². The fourth-order valence-corrected chi connectivity index (χ4v) is 3.52. The first kappa shape index (κ1) is 13.0. The van der Waals surface area contributed by atoms with Gasteiger partial charge in [-0.25, -0.2) is 4.98 Å². The van der Waals surface area contributed by atoms with Crippen LogP contribution in [-0.4, -0.2) is 11.0 Å². The Morgan fingerprint density at radius 3 is 2.35 bits per heavy atom. The van der Waals surface area contributed by atoms with Gasteiger partial charge in [0, 0.05) is 17.5 Å². The lowest BCUT2D eigenvalue weighted by molar-refractivity contribution is 0.389. The van der Waals surface area contributed by atoms with Crippen molar-refractivity contribution in [1.29, 1.82) is 0 Å². The van der Waals surface area contributed by atoms with Crippen LogP contribution in [0.4, 0.5) is 0 Å². The summed E-state index contributed by atoms with van der Waals surface area (Å²) >= 11 is 1.84. The Balaban J connectivity index is 1.81. The predicted octanol–water partition coefficient (Wildman–Crippen LogP) is 3.96. The summed E-state index contributed by atoms with van der Waals surface area (Å²) in [5, 5.41) is 4.92. The first-order valence-corrected chi connectivity index (χ1v) is 7.73. The van der Waals surface area contributed by atoms with Gasteiger partial charge in [-0.1, -0.05) is 32.1 Å². The summed E-state index contributed by atoms with van der Waals surface area (Å²) in [7, 11) is 0. The molecule has 1 saturated carbocycles. The molecule has 0 saturated heterocycles. The molecule has 0 aromatic carbocycles. The molecule has 0 unspecified atom stereocenters. The molecule has 2 rings (SSSR count). The van der Waals surface area contributed by atoms with Crippen LogP contribution in [0.1, 0.15) is 60.5 Å². The van der Waals surface area contributed by atoms with Crippen molar-refractivity contribution in [3.8, 4) is 0 Å². The Hall–Kier alpha value is -0.410. The van der Waals surface area contributed by atoms with Crippen LogP contribution in [0.25, 0.3) is 0 Å². The molecule has 0 radical (unpaired) electrons. The van der Waals surface area contributed by atoms with Gasteiger partial charge in [-0.05, 0) is 26.7 Å². The normalized spacial score (nSPS) is 18.9. The van der Waals surface area contributed by atoms with E-state index < -0.39 is 0 Å². The second-order valence-corrected chi connectivity index (χ2v) is 6.45. The van der Waals surface area contributed by atoms with Gasteiger partial charge in [0.25, 0.3) is 0 Å². The van der Waals surface area contributed by atoms with Crippen molar-refractivity contribution in [2.24, 2.45) is 0 Å². The van der Waals surface area contributed by atoms with Crippen molar-refractivity contribution in [2.75, 3.05) is 0 Å². The third-order valence-electron chi connectivity index (χ3n) is 3.66. The Morgan fingerprint density at radius 1 is 1.12 bits per heavy atom. The molecule has 2 nitrogen and oxygen atoms in total. The molecule has 0 atom stereocenters. The molecule has 0 amide bonds. The van der Waals surface area contributed by atoms with E-state index in [0.29, 0.717) is 0 Å². The van der Waals surface area contributed by atoms with Crippen molar-refractivity contribution < 1.29 is 0 Å². The van der Waals surface area contributed by atoms with E-state index in [-0.39, 0.29) is 0 Å². The highest BCUT2D eigenvalue weighted by Gasteiger charge is 2.12. The molecule has 0 bridgehead atoms. The zero-order valence-corrected chi connectivity index (χ0v) is 11.9. The van der Waals surface area contributed by atoms with E-state index in [1.54, 1.807) is 0 Å². The summed E-state index contributed by atoms with van der Waals surface area (Å²) in [5.74, 6) is 0. The van der Waals surface area contributed by atoms with Crippen LogP contribution in [0.2, 0.25) is 0 Å². The van der Waals surface area contributed by atoms with Gasteiger partial charge >= 0.3 is 0 Å². The fourth-order valence-electron chi connectivity index (χ4n) is 2.63. The molecule has 1 aliphatic rings. The molecule has 1 aliphatic carbocycles. The number of nitrogens with one attached hydrogen (secondary N) is 1. The van der Waals surface area contributed by atoms with Gasteiger partial charge in [-0.15, -0.1) is 11.3 Å². The highest BCUT2D eigenvalue weighted by molar-refractivity contribution is 7.11. The van der Waals surface area contributed by atoms with Crippen LogP contribution < -0.4 is 5.32 Å². The zero-order chi connectivity index (χ0) is 12.1. The standard InChI is InChI=1S/C14H24N2S/c1-11-14(17-12(2)16-11)10-15-13-8-6-4-3-5-7-9-13/h13,15H,3-10H2,1-2H3. The highest BCUT2D eigenvalue weighted by Crippen LogP contribution is 2.20. The first-order chi connectivity index (χ1) is 8.25. The highest BCUT2D eigenvalue weighted by atomic mass is 32.1. The lowest BCUT2D eigenvalue weighted by Gasteiger charge is -2.20. The maximum atomic E-state index is 4.49. The van der Waals surface area contributed by atoms with Gasteiger partial charge < -0.3 is 5.32 Å². The van der Waals surface area contributed by atoms with Crippen molar-refractivity contribution >= 4 is 11.3 Å². The quantitative estimate of drug-likeness (QED) is 0.880. The van der Waals surface area contributed by atoms with E-state index in [9.17, 15) is 0 Å². The van der Waals surface area contributed by atoms with Crippen LogP contribution in [0, 0.1) is 13.8 Å². The monoisotopic (exact) mass is 252 g/mol. The van der Waals surface area contributed by atoms with Gasteiger partial charge in [0.2, 0.25) is 0 Å². The molecule has 1 aromatic heterocycles. The average molecular weight is 252 g/mol. The van der Waals surface area contributed by atoms with E-state index in [0.717, 1.165) is 12.6 Å². The molecule has 3 heteroatoms. The maximum absolute atomic E-state index is 4.49. The zero-order valence-electron chi connectivity index (χ0n) is 11.1. The summed E-state index contributed by atoms with van der Waals surface area (Å²) in [4.78, 5) is 5.91. The Labute approximate surface area is 109 Å². The lowest BCUT2D eigenvalue weighted by atomic mass is 9.97. The number of nitrogens with zero attached hydrogens (tertiary/aromatic N) is 1. The summed E-state index contributed by atoms with van der Waals surface area (Å²) in [6.07, 6.45) is 9.82. The number of aromatic nitrogens is 1. The molecule has 1 fully saturated rings.